The number of furan rings is 1. The highest BCUT2D eigenvalue weighted by Gasteiger charge is 2.15. The predicted molar refractivity (Wildman–Crippen MR) is 114 cm³/mol. The maximum Gasteiger partial charge on any atom is 0.291 e. The summed E-state index contributed by atoms with van der Waals surface area (Å²) in [6.07, 6.45) is 1.44. The van der Waals surface area contributed by atoms with Crippen molar-refractivity contribution in [3.63, 3.8) is 0 Å². The van der Waals surface area contributed by atoms with Crippen LogP contribution in [0.5, 0.6) is 0 Å². The minimum Gasteiger partial charge on any atom is -0.459 e. The van der Waals surface area contributed by atoms with Crippen molar-refractivity contribution in [1.29, 1.82) is 0 Å². The monoisotopic (exact) mass is 391 g/mol. The summed E-state index contributed by atoms with van der Waals surface area (Å²) in [6, 6.07) is 18.6. The number of para-hydroxylation sites is 1. The van der Waals surface area contributed by atoms with E-state index in [4.69, 9.17) is 4.42 Å². The van der Waals surface area contributed by atoms with Gasteiger partial charge in [-0.3, -0.25) is 9.59 Å². The third-order valence-corrected chi connectivity index (χ3v) is 4.88. The lowest BCUT2D eigenvalue weighted by molar-refractivity contribution is 0.0949. The zero-order chi connectivity index (χ0) is 20.8. The number of nitrogens with zero attached hydrogens (tertiary/aromatic N) is 1. The van der Waals surface area contributed by atoms with Crippen molar-refractivity contribution in [3.8, 4) is 0 Å². The Morgan fingerprint density at radius 2 is 1.79 bits per heavy atom. The molecule has 6 heteroatoms. The standard InChI is InChI=1S/C23H25N3O3/c1-16-11-12-18(14-20(16)25-23(28)21-10-7-13-29-21)22(27)24-15-17(2)26(3)19-8-5-4-6-9-19/h4-14,17H,15H2,1-3H3,(H,24,27)(H,25,28). The number of amides is 2. The Morgan fingerprint density at radius 3 is 2.48 bits per heavy atom. The van der Waals surface area contributed by atoms with Crippen LogP contribution in [0.15, 0.2) is 71.3 Å². The molecule has 6 nitrogen and oxygen atoms in total. The second-order valence-electron chi connectivity index (χ2n) is 6.97. The Labute approximate surface area is 170 Å². The summed E-state index contributed by atoms with van der Waals surface area (Å²) in [5, 5.41) is 5.76. The maximum atomic E-state index is 12.6. The van der Waals surface area contributed by atoms with Gasteiger partial charge in [0.25, 0.3) is 11.8 Å². The van der Waals surface area contributed by atoms with Crippen molar-refractivity contribution in [3.05, 3.63) is 83.8 Å². The van der Waals surface area contributed by atoms with Crippen molar-refractivity contribution < 1.29 is 14.0 Å². The number of aryl methyl sites for hydroxylation is 1. The molecule has 0 saturated heterocycles. The van der Waals surface area contributed by atoms with Gasteiger partial charge >= 0.3 is 0 Å². The molecule has 1 unspecified atom stereocenters. The highest BCUT2D eigenvalue weighted by molar-refractivity contribution is 6.03. The molecule has 0 aliphatic heterocycles. The summed E-state index contributed by atoms with van der Waals surface area (Å²) in [6.45, 7) is 4.42. The number of carbonyl (C=O) groups is 2. The van der Waals surface area contributed by atoms with Gasteiger partial charge in [0.05, 0.1) is 6.26 Å². The summed E-state index contributed by atoms with van der Waals surface area (Å²) in [5.74, 6) is -0.322. The van der Waals surface area contributed by atoms with Crippen LogP contribution in [-0.2, 0) is 0 Å². The molecule has 0 spiro atoms. The predicted octanol–water partition coefficient (Wildman–Crippen LogP) is 4.10. The molecule has 0 saturated carbocycles. The molecule has 2 N–H and O–H groups in total. The summed E-state index contributed by atoms with van der Waals surface area (Å²) in [7, 11) is 2.00. The molecule has 3 rings (SSSR count). The lowest BCUT2D eigenvalue weighted by atomic mass is 10.1. The fourth-order valence-electron chi connectivity index (χ4n) is 2.89. The van der Waals surface area contributed by atoms with Crippen molar-refractivity contribution in [2.24, 2.45) is 0 Å². The van der Waals surface area contributed by atoms with Gasteiger partial charge in [-0.2, -0.15) is 0 Å². The SMILES string of the molecule is Cc1ccc(C(=O)NCC(C)N(C)c2ccccc2)cc1NC(=O)c1ccco1. The van der Waals surface area contributed by atoms with E-state index in [9.17, 15) is 9.59 Å². The molecule has 0 aliphatic carbocycles. The Bertz CT molecular complexity index is 968. The molecule has 3 aromatic rings. The molecule has 0 fully saturated rings. The second kappa shape index (κ2) is 9.10. The number of hydrogen-bond donors (Lipinski definition) is 2. The number of hydrogen-bond acceptors (Lipinski definition) is 4. The summed E-state index contributed by atoms with van der Waals surface area (Å²) >= 11 is 0. The minimum absolute atomic E-state index is 0.116. The molecule has 0 aliphatic rings. The average molecular weight is 391 g/mol. The molecule has 29 heavy (non-hydrogen) atoms. The number of rotatable bonds is 7. The molecule has 150 valence electrons. The molecule has 2 amide bonds. The highest BCUT2D eigenvalue weighted by atomic mass is 16.3. The Kier molecular flexibility index (Phi) is 6.34. The fraction of sp³-hybridized carbons (Fsp3) is 0.217. The molecule has 1 atom stereocenters. The Balaban J connectivity index is 1.62. The highest BCUT2D eigenvalue weighted by Crippen LogP contribution is 2.19. The first kappa shape index (κ1) is 20.2. The second-order valence-corrected chi connectivity index (χ2v) is 6.97. The quantitative estimate of drug-likeness (QED) is 0.636. The van der Waals surface area contributed by atoms with Gasteiger partial charge in [0.2, 0.25) is 0 Å². The molecular weight excluding hydrogens is 366 g/mol. The van der Waals surface area contributed by atoms with Gasteiger partial charge in [0.1, 0.15) is 0 Å². The van der Waals surface area contributed by atoms with Crippen LogP contribution in [0.3, 0.4) is 0 Å². The summed E-state index contributed by atoms with van der Waals surface area (Å²) in [4.78, 5) is 27.0. The minimum atomic E-state index is -0.353. The van der Waals surface area contributed by atoms with E-state index >= 15 is 0 Å². The Morgan fingerprint density at radius 1 is 1.03 bits per heavy atom. The van der Waals surface area contributed by atoms with Crippen LogP contribution in [0, 0.1) is 6.92 Å². The zero-order valence-corrected chi connectivity index (χ0v) is 16.8. The van der Waals surface area contributed by atoms with Gasteiger partial charge < -0.3 is 20.0 Å². The van der Waals surface area contributed by atoms with E-state index < -0.39 is 0 Å². The number of benzene rings is 2. The average Bonchev–Trinajstić information content (AvgIpc) is 3.28. The van der Waals surface area contributed by atoms with Crippen LogP contribution in [0.25, 0.3) is 0 Å². The molecule has 1 heterocycles. The fourth-order valence-corrected chi connectivity index (χ4v) is 2.89. The summed E-state index contributed by atoms with van der Waals surface area (Å²) < 4.78 is 5.11. The van der Waals surface area contributed by atoms with Crippen LogP contribution < -0.4 is 15.5 Å². The van der Waals surface area contributed by atoms with E-state index in [-0.39, 0.29) is 23.6 Å². The van der Waals surface area contributed by atoms with Crippen LogP contribution in [-0.4, -0.2) is 31.4 Å². The smallest absolute Gasteiger partial charge is 0.291 e. The van der Waals surface area contributed by atoms with Crippen LogP contribution >= 0.6 is 0 Å². The first-order chi connectivity index (χ1) is 14.0. The van der Waals surface area contributed by atoms with Crippen LogP contribution in [0.1, 0.15) is 33.4 Å². The lowest BCUT2D eigenvalue weighted by Crippen LogP contribution is -2.40. The van der Waals surface area contributed by atoms with Gasteiger partial charge in [-0.15, -0.1) is 0 Å². The number of likely N-dealkylation sites (N-methyl/N-ethyl adjacent to an activating group) is 1. The maximum absolute atomic E-state index is 12.6. The third-order valence-electron chi connectivity index (χ3n) is 4.88. The van der Waals surface area contributed by atoms with Gasteiger partial charge in [-0.25, -0.2) is 0 Å². The van der Waals surface area contributed by atoms with E-state index in [0.717, 1.165) is 11.3 Å². The van der Waals surface area contributed by atoms with E-state index in [2.05, 4.69) is 22.5 Å². The zero-order valence-electron chi connectivity index (χ0n) is 16.8. The van der Waals surface area contributed by atoms with Crippen LogP contribution in [0.2, 0.25) is 0 Å². The van der Waals surface area contributed by atoms with E-state index in [0.29, 0.717) is 17.8 Å². The van der Waals surface area contributed by atoms with Gasteiger partial charge in [-0.1, -0.05) is 24.3 Å². The van der Waals surface area contributed by atoms with Gasteiger partial charge in [0.15, 0.2) is 5.76 Å². The van der Waals surface area contributed by atoms with E-state index in [1.807, 2.05) is 50.4 Å². The third kappa shape index (κ3) is 5.04. The lowest BCUT2D eigenvalue weighted by Gasteiger charge is -2.27. The van der Waals surface area contributed by atoms with E-state index in [1.165, 1.54) is 6.26 Å². The van der Waals surface area contributed by atoms with E-state index in [1.54, 1.807) is 24.3 Å². The normalized spacial score (nSPS) is 11.6. The molecule has 0 bridgehead atoms. The molecule has 1 aromatic heterocycles. The molecule has 0 radical (unpaired) electrons. The van der Waals surface area contributed by atoms with Crippen LogP contribution in [0.4, 0.5) is 11.4 Å². The van der Waals surface area contributed by atoms with Crippen molar-refractivity contribution in [2.45, 2.75) is 19.9 Å². The van der Waals surface area contributed by atoms with Crippen molar-refractivity contribution in [2.75, 3.05) is 23.8 Å². The molecular formula is C23H25N3O3. The summed E-state index contributed by atoms with van der Waals surface area (Å²) in [5.41, 5.74) is 3.01. The van der Waals surface area contributed by atoms with Crippen molar-refractivity contribution in [1.82, 2.24) is 5.32 Å². The van der Waals surface area contributed by atoms with Gasteiger partial charge in [-0.05, 0) is 55.8 Å². The first-order valence-electron chi connectivity index (χ1n) is 9.47. The Hall–Kier alpha value is -3.54. The largest absolute Gasteiger partial charge is 0.459 e. The van der Waals surface area contributed by atoms with Gasteiger partial charge in [0, 0.05) is 36.6 Å². The number of carbonyl (C=O) groups excluding carboxylic acids is 2. The number of anilines is 2. The van der Waals surface area contributed by atoms with Crippen molar-refractivity contribution >= 4 is 23.2 Å². The topological polar surface area (TPSA) is 74.6 Å². The first-order valence-corrected chi connectivity index (χ1v) is 9.47. The molecule has 2 aromatic carbocycles. The number of nitrogens with one attached hydrogen (secondary N) is 2.